The van der Waals surface area contributed by atoms with Crippen molar-refractivity contribution in [2.75, 3.05) is 6.61 Å². The van der Waals surface area contributed by atoms with Crippen LogP contribution in [0.25, 0.3) is 10.8 Å². The van der Waals surface area contributed by atoms with Crippen LogP contribution in [0.1, 0.15) is 5.56 Å². The normalized spacial score (nSPS) is 10.3. The van der Waals surface area contributed by atoms with Crippen molar-refractivity contribution in [3.05, 3.63) is 84.9 Å². The van der Waals surface area contributed by atoms with Crippen LogP contribution in [-0.4, -0.2) is 12.6 Å². The second kappa shape index (κ2) is 7.47. The van der Waals surface area contributed by atoms with Crippen molar-refractivity contribution in [2.45, 2.75) is 6.42 Å². The predicted octanol–water partition coefficient (Wildman–Crippen LogP) is 4.55. The van der Waals surface area contributed by atoms with Crippen LogP contribution in [0.4, 0.5) is 0 Å². The molecule has 0 aromatic heterocycles. The highest BCUT2D eigenvalue weighted by atomic mass is 16.5. The largest absolute Gasteiger partial charge is 0.493 e. The van der Waals surface area contributed by atoms with E-state index < -0.39 is 5.97 Å². The van der Waals surface area contributed by atoms with E-state index in [1.165, 1.54) is 5.56 Å². The van der Waals surface area contributed by atoms with Gasteiger partial charge in [-0.1, -0.05) is 61.2 Å². The first-order valence-electron chi connectivity index (χ1n) is 7.80. The van der Waals surface area contributed by atoms with Gasteiger partial charge in [-0.2, -0.15) is 0 Å². The summed E-state index contributed by atoms with van der Waals surface area (Å²) < 4.78 is 11.2. The summed E-state index contributed by atoms with van der Waals surface area (Å²) in [6.45, 7) is 4.01. The number of rotatable bonds is 6. The summed E-state index contributed by atoms with van der Waals surface area (Å²) in [6.07, 6.45) is 1.99. The van der Waals surface area contributed by atoms with E-state index in [-0.39, 0.29) is 0 Å². The molecule has 3 aromatic rings. The Morgan fingerprint density at radius 2 is 1.54 bits per heavy atom. The SMILES string of the molecule is C=CC(=O)Oc1cccc2c(OCCc3ccccc3)cccc12. The van der Waals surface area contributed by atoms with E-state index in [0.717, 1.165) is 29.0 Å². The number of esters is 1. The molecule has 0 N–H and O–H groups in total. The molecular formula is C21H18O3. The number of carbonyl (C=O) groups is 1. The average Bonchev–Trinajstić information content (AvgIpc) is 2.63. The van der Waals surface area contributed by atoms with E-state index in [0.29, 0.717) is 12.4 Å². The molecule has 0 heterocycles. The Kier molecular flexibility index (Phi) is 4.92. The quantitative estimate of drug-likeness (QED) is 0.380. The fourth-order valence-electron chi connectivity index (χ4n) is 2.54. The van der Waals surface area contributed by atoms with Gasteiger partial charge in [0.1, 0.15) is 11.5 Å². The second-order valence-electron chi connectivity index (χ2n) is 5.32. The monoisotopic (exact) mass is 318 g/mol. The molecule has 0 radical (unpaired) electrons. The number of carbonyl (C=O) groups excluding carboxylic acids is 1. The number of hydrogen-bond donors (Lipinski definition) is 0. The molecule has 0 aliphatic carbocycles. The molecule has 24 heavy (non-hydrogen) atoms. The lowest BCUT2D eigenvalue weighted by atomic mass is 10.1. The Morgan fingerprint density at radius 1 is 0.875 bits per heavy atom. The highest BCUT2D eigenvalue weighted by Gasteiger charge is 2.09. The molecule has 0 amide bonds. The van der Waals surface area contributed by atoms with Crippen molar-refractivity contribution in [1.29, 1.82) is 0 Å². The highest BCUT2D eigenvalue weighted by Crippen LogP contribution is 2.32. The third-order valence-electron chi connectivity index (χ3n) is 3.71. The number of benzene rings is 3. The van der Waals surface area contributed by atoms with Crippen molar-refractivity contribution in [3.8, 4) is 11.5 Å². The summed E-state index contributed by atoms with van der Waals surface area (Å²) in [5, 5.41) is 1.75. The predicted molar refractivity (Wildman–Crippen MR) is 95.4 cm³/mol. The first-order valence-corrected chi connectivity index (χ1v) is 7.80. The van der Waals surface area contributed by atoms with Crippen LogP contribution >= 0.6 is 0 Å². The van der Waals surface area contributed by atoms with Crippen molar-refractivity contribution in [2.24, 2.45) is 0 Å². The standard InChI is InChI=1S/C21H18O3/c1-2-21(22)24-20-13-7-10-17-18(20)11-6-12-19(17)23-15-14-16-8-4-3-5-9-16/h2-13H,1,14-15H2. The van der Waals surface area contributed by atoms with E-state index >= 15 is 0 Å². The van der Waals surface area contributed by atoms with Crippen molar-refractivity contribution < 1.29 is 14.3 Å². The van der Waals surface area contributed by atoms with Crippen LogP contribution < -0.4 is 9.47 Å². The van der Waals surface area contributed by atoms with Gasteiger partial charge in [0.2, 0.25) is 0 Å². The molecule has 0 fully saturated rings. The number of fused-ring (bicyclic) bond motifs is 1. The smallest absolute Gasteiger partial charge is 0.335 e. The van der Waals surface area contributed by atoms with Gasteiger partial charge in [0.05, 0.1) is 6.61 Å². The summed E-state index contributed by atoms with van der Waals surface area (Å²) in [5.74, 6) is 0.809. The fraction of sp³-hybridized carbons (Fsp3) is 0.0952. The van der Waals surface area contributed by atoms with Crippen molar-refractivity contribution in [3.63, 3.8) is 0 Å². The van der Waals surface area contributed by atoms with Crippen LogP contribution in [0.3, 0.4) is 0 Å². The van der Waals surface area contributed by atoms with Crippen molar-refractivity contribution in [1.82, 2.24) is 0 Å². The summed E-state index contributed by atoms with van der Waals surface area (Å²) in [7, 11) is 0. The third kappa shape index (κ3) is 3.63. The molecule has 120 valence electrons. The van der Waals surface area contributed by atoms with Gasteiger partial charge in [-0.05, 0) is 17.7 Å². The fourth-order valence-corrected chi connectivity index (χ4v) is 2.54. The molecule has 3 rings (SSSR count). The molecule has 0 unspecified atom stereocenters. The minimum Gasteiger partial charge on any atom is -0.493 e. The topological polar surface area (TPSA) is 35.5 Å². The molecule has 0 spiro atoms. The Morgan fingerprint density at radius 3 is 2.25 bits per heavy atom. The third-order valence-corrected chi connectivity index (χ3v) is 3.71. The minimum atomic E-state index is -0.474. The molecule has 0 saturated carbocycles. The molecule has 0 saturated heterocycles. The highest BCUT2D eigenvalue weighted by molar-refractivity contribution is 5.95. The van der Waals surface area contributed by atoms with E-state index in [9.17, 15) is 4.79 Å². The first-order chi connectivity index (χ1) is 11.8. The molecule has 0 bridgehead atoms. The van der Waals surface area contributed by atoms with Crippen LogP contribution in [0.15, 0.2) is 79.4 Å². The van der Waals surface area contributed by atoms with Gasteiger partial charge in [0, 0.05) is 23.3 Å². The molecule has 3 aromatic carbocycles. The number of ether oxygens (including phenoxy) is 2. The molecule has 0 aliphatic rings. The molecule has 3 nitrogen and oxygen atoms in total. The zero-order valence-corrected chi connectivity index (χ0v) is 13.3. The Hall–Kier alpha value is -3.07. The lowest BCUT2D eigenvalue weighted by Gasteiger charge is -2.11. The van der Waals surface area contributed by atoms with E-state index in [1.54, 1.807) is 6.07 Å². The maximum atomic E-state index is 11.5. The average molecular weight is 318 g/mol. The lowest BCUT2D eigenvalue weighted by Crippen LogP contribution is -2.04. The van der Waals surface area contributed by atoms with Crippen LogP contribution in [0, 0.1) is 0 Å². The molecule has 3 heteroatoms. The molecule has 0 atom stereocenters. The van der Waals surface area contributed by atoms with Gasteiger partial charge in [0.15, 0.2) is 0 Å². The Bertz CT molecular complexity index is 853. The molecular weight excluding hydrogens is 300 g/mol. The van der Waals surface area contributed by atoms with Gasteiger partial charge >= 0.3 is 5.97 Å². The summed E-state index contributed by atoms with van der Waals surface area (Å²) in [5.41, 5.74) is 1.23. The maximum Gasteiger partial charge on any atom is 0.335 e. The van der Waals surface area contributed by atoms with E-state index in [4.69, 9.17) is 9.47 Å². The minimum absolute atomic E-state index is 0.474. The first kappa shape index (κ1) is 15.8. The van der Waals surface area contributed by atoms with Crippen LogP contribution in [0.2, 0.25) is 0 Å². The van der Waals surface area contributed by atoms with Crippen molar-refractivity contribution >= 4 is 16.7 Å². The Balaban J connectivity index is 1.80. The maximum absolute atomic E-state index is 11.5. The van der Waals surface area contributed by atoms with E-state index in [1.807, 2.05) is 48.5 Å². The van der Waals surface area contributed by atoms with Gasteiger partial charge in [-0.25, -0.2) is 4.79 Å². The van der Waals surface area contributed by atoms with Crippen LogP contribution in [-0.2, 0) is 11.2 Å². The van der Waals surface area contributed by atoms with Gasteiger partial charge in [0.25, 0.3) is 0 Å². The summed E-state index contributed by atoms with van der Waals surface area (Å²) in [4.78, 5) is 11.5. The summed E-state index contributed by atoms with van der Waals surface area (Å²) in [6, 6.07) is 21.5. The van der Waals surface area contributed by atoms with Crippen LogP contribution in [0.5, 0.6) is 11.5 Å². The van der Waals surface area contributed by atoms with Gasteiger partial charge < -0.3 is 9.47 Å². The zero-order chi connectivity index (χ0) is 16.8. The second-order valence-corrected chi connectivity index (χ2v) is 5.32. The van der Waals surface area contributed by atoms with Gasteiger partial charge in [-0.15, -0.1) is 0 Å². The lowest BCUT2D eigenvalue weighted by molar-refractivity contribution is -0.128. The zero-order valence-electron chi connectivity index (χ0n) is 13.3. The summed E-state index contributed by atoms with van der Waals surface area (Å²) >= 11 is 0. The molecule has 0 aliphatic heterocycles. The van der Waals surface area contributed by atoms with Gasteiger partial charge in [-0.3, -0.25) is 0 Å². The van der Waals surface area contributed by atoms with E-state index in [2.05, 4.69) is 18.7 Å². The Labute approximate surface area is 141 Å². The number of hydrogen-bond acceptors (Lipinski definition) is 3.